The van der Waals surface area contributed by atoms with Crippen molar-refractivity contribution < 1.29 is 23.8 Å². The van der Waals surface area contributed by atoms with E-state index < -0.39 is 23.2 Å². The molecule has 0 N–H and O–H groups in total. The lowest BCUT2D eigenvalue weighted by atomic mass is 10.2. The fourth-order valence-corrected chi connectivity index (χ4v) is 2.26. The Hall–Kier alpha value is -1.30. The van der Waals surface area contributed by atoms with E-state index in [0.717, 1.165) is 0 Å². The van der Waals surface area contributed by atoms with Gasteiger partial charge in [-0.15, -0.1) is 0 Å². The number of hydrogen-bond donors (Lipinski definition) is 0. The quantitative estimate of drug-likeness (QED) is 0.654. The zero-order valence-electron chi connectivity index (χ0n) is 11.2. The maximum atomic E-state index is 12.1. The highest BCUT2D eigenvalue weighted by atomic mass is 16.6. The fourth-order valence-electron chi connectivity index (χ4n) is 2.26. The number of esters is 1. The van der Waals surface area contributed by atoms with Gasteiger partial charge in [0, 0.05) is 13.0 Å². The number of hydrogen-bond acceptors (Lipinski definition) is 5. The van der Waals surface area contributed by atoms with Gasteiger partial charge in [-0.3, -0.25) is 4.90 Å². The molecule has 1 saturated heterocycles. The van der Waals surface area contributed by atoms with Crippen LogP contribution in [0.15, 0.2) is 0 Å². The monoisotopic (exact) mass is 257 g/mol. The molecular weight excluding hydrogens is 238 g/mol. The van der Waals surface area contributed by atoms with Gasteiger partial charge in [-0.05, 0) is 20.8 Å². The van der Waals surface area contributed by atoms with Crippen molar-refractivity contribution in [2.75, 3.05) is 20.3 Å². The summed E-state index contributed by atoms with van der Waals surface area (Å²) in [4.78, 5) is 25.4. The molecule has 0 aromatic carbocycles. The van der Waals surface area contributed by atoms with Crippen LogP contribution in [0.4, 0.5) is 4.79 Å². The van der Waals surface area contributed by atoms with Crippen molar-refractivity contribution in [3.8, 4) is 0 Å². The van der Waals surface area contributed by atoms with E-state index >= 15 is 0 Å². The van der Waals surface area contributed by atoms with E-state index in [-0.39, 0.29) is 6.10 Å². The first-order valence-corrected chi connectivity index (χ1v) is 6.02. The standard InChI is InChI=1S/C12H19NO5/c1-11(2,3)18-10(15)13-5-6-17-8-7-12(8,13)9(14)16-4/h8H,5-7H2,1-4H3. The zero-order chi connectivity index (χ0) is 13.6. The molecule has 1 saturated carbocycles. The molecule has 6 heteroatoms. The maximum Gasteiger partial charge on any atom is 0.411 e. The van der Waals surface area contributed by atoms with Crippen molar-refractivity contribution in [3.05, 3.63) is 0 Å². The molecule has 1 heterocycles. The van der Waals surface area contributed by atoms with Crippen molar-refractivity contribution in [2.24, 2.45) is 0 Å². The molecule has 1 aliphatic carbocycles. The van der Waals surface area contributed by atoms with Crippen molar-refractivity contribution >= 4 is 12.1 Å². The minimum Gasteiger partial charge on any atom is -0.467 e. The van der Waals surface area contributed by atoms with Crippen LogP contribution in [0.5, 0.6) is 0 Å². The molecular formula is C12H19NO5. The number of amides is 1. The van der Waals surface area contributed by atoms with Crippen molar-refractivity contribution in [1.82, 2.24) is 4.90 Å². The summed E-state index contributed by atoms with van der Waals surface area (Å²) in [6.45, 7) is 6.14. The lowest BCUT2D eigenvalue weighted by Gasteiger charge is -2.35. The van der Waals surface area contributed by atoms with E-state index in [9.17, 15) is 9.59 Å². The zero-order valence-corrected chi connectivity index (χ0v) is 11.2. The molecule has 0 aromatic heterocycles. The molecule has 2 aliphatic rings. The second kappa shape index (κ2) is 4.12. The van der Waals surface area contributed by atoms with Crippen molar-refractivity contribution in [2.45, 2.75) is 44.4 Å². The normalized spacial score (nSPS) is 30.4. The number of nitrogens with zero attached hydrogens (tertiary/aromatic N) is 1. The highest BCUT2D eigenvalue weighted by molar-refractivity contribution is 5.90. The van der Waals surface area contributed by atoms with Crippen LogP contribution >= 0.6 is 0 Å². The summed E-state index contributed by atoms with van der Waals surface area (Å²) < 4.78 is 15.5. The highest BCUT2D eigenvalue weighted by Crippen LogP contribution is 2.48. The predicted octanol–water partition coefficient (Wildman–Crippen LogP) is 0.938. The Morgan fingerprint density at radius 1 is 1.39 bits per heavy atom. The summed E-state index contributed by atoms with van der Waals surface area (Å²) in [6, 6.07) is 0. The van der Waals surface area contributed by atoms with Crippen LogP contribution in [0.2, 0.25) is 0 Å². The maximum absolute atomic E-state index is 12.1. The van der Waals surface area contributed by atoms with E-state index in [1.807, 2.05) is 0 Å². The van der Waals surface area contributed by atoms with Crippen LogP contribution in [-0.2, 0) is 19.0 Å². The van der Waals surface area contributed by atoms with Gasteiger partial charge in [-0.2, -0.15) is 0 Å². The highest BCUT2D eigenvalue weighted by Gasteiger charge is 2.70. The molecule has 0 spiro atoms. The van der Waals surface area contributed by atoms with E-state index in [1.165, 1.54) is 12.0 Å². The van der Waals surface area contributed by atoms with Crippen LogP contribution in [0.3, 0.4) is 0 Å². The summed E-state index contributed by atoms with van der Waals surface area (Å²) in [6.07, 6.45) is -0.260. The number of carbonyl (C=O) groups is 2. The van der Waals surface area contributed by atoms with E-state index in [2.05, 4.69) is 0 Å². The van der Waals surface area contributed by atoms with E-state index in [4.69, 9.17) is 14.2 Å². The third-order valence-electron chi connectivity index (χ3n) is 3.14. The van der Waals surface area contributed by atoms with Gasteiger partial charge in [0.15, 0.2) is 5.54 Å². The second-order valence-corrected chi connectivity index (χ2v) is 5.61. The number of fused-ring (bicyclic) bond motifs is 1. The summed E-state index contributed by atoms with van der Waals surface area (Å²) in [5.41, 5.74) is -1.55. The summed E-state index contributed by atoms with van der Waals surface area (Å²) in [7, 11) is 1.31. The summed E-state index contributed by atoms with van der Waals surface area (Å²) in [5.74, 6) is -0.432. The van der Waals surface area contributed by atoms with Gasteiger partial charge >= 0.3 is 12.1 Å². The molecule has 2 rings (SSSR count). The van der Waals surface area contributed by atoms with Gasteiger partial charge in [0.25, 0.3) is 0 Å². The number of carbonyl (C=O) groups excluding carboxylic acids is 2. The molecule has 1 aliphatic heterocycles. The first-order chi connectivity index (χ1) is 8.31. The van der Waals surface area contributed by atoms with E-state index in [1.54, 1.807) is 20.8 Å². The molecule has 2 atom stereocenters. The lowest BCUT2D eigenvalue weighted by molar-refractivity contribution is -0.154. The Morgan fingerprint density at radius 3 is 2.61 bits per heavy atom. The molecule has 1 amide bonds. The molecule has 6 nitrogen and oxygen atoms in total. The third-order valence-corrected chi connectivity index (χ3v) is 3.14. The van der Waals surface area contributed by atoms with Gasteiger partial charge in [-0.25, -0.2) is 9.59 Å². The van der Waals surface area contributed by atoms with Crippen LogP contribution in [0, 0.1) is 0 Å². The number of morpholine rings is 1. The first kappa shape index (κ1) is 13.1. The topological polar surface area (TPSA) is 65.1 Å². The number of ether oxygens (including phenoxy) is 3. The lowest BCUT2D eigenvalue weighted by Crippen LogP contribution is -2.55. The average molecular weight is 257 g/mol. The van der Waals surface area contributed by atoms with Crippen LogP contribution in [0.1, 0.15) is 27.2 Å². The molecule has 102 valence electrons. The minimum absolute atomic E-state index is 0.258. The molecule has 0 radical (unpaired) electrons. The van der Waals surface area contributed by atoms with Gasteiger partial charge in [-0.1, -0.05) is 0 Å². The van der Waals surface area contributed by atoms with Crippen LogP contribution in [-0.4, -0.2) is 54.5 Å². The third kappa shape index (κ3) is 2.05. The van der Waals surface area contributed by atoms with E-state index in [0.29, 0.717) is 19.6 Å². The first-order valence-electron chi connectivity index (χ1n) is 6.02. The smallest absolute Gasteiger partial charge is 0.411 e. The SMILES string of the molecule is COC(=O)C12CC1OCCN2C(=O)OC(C)(C)C. The Morgan fingerprint density at radius 2 is 2.06 bits per heavy atom. The average Bonchev–Trinajstić information content (AvgIpc) is 3.00. The molecule has 2 fully saturated rings. The minimum atomic E-state index is -0.963. The molecule has 18 heavy (non-hydrogen) atoms. The Kier molecular flexibility index (Phi) is 3.01. The fraction of sp³-hybridized carbons (Fsp3) is 0.833. The Bertz CT molecular complexity index is 375. The van der Waals surface area contributed by atoms with Gasteiger partial charge < -0.3 is 14.2 Å². The van der Waals surface area contributed by atoms with Crippen LogP contribution in [0.25, 0.3) is 0 Å². The Labute approximate surface area is 106 Å². The van der Waals surface area contributed by atoms with Gasteiger partial charge in [0.1, 0.15) is 5.60 Å². The second-order valence-electron chi connectivity index (χ2n) is 5.61. The number of methoxy groups -OCH3 is 1. The summed E-state index contributed by atoms with van der Waals surface area (Å²) in [5, 5.41) is 0. The van der Waals surface area contributed by atoms with Crippen LogP contribution < -0.4 is 0 Å². The molecule has 0 aromatic rings. The Balaban J connectivity index is 2.16. The molecule has 0 bridgehead atoms. The summed E-state index contributed by atoms with van der Waals surface area (Å²) >= 11 is 0. The van der Waals surface area contributed by atoms with Crippen molar-refractivity contribution in [3.63, 3.8) is 0 Å². The van der Waals surface area contributed by atoms with Gasteiger partial charge in [0.05, 0.1) is 19.8 Å². The number of rotatable bonds is 1. The predicted molar refractivity (Wildman–Crippen MR) is 62.0 cm³/mol. The molecule has 2 unspecified atom stereocenters. The largest absolute Gasteiger partial charge is 0.467 e. The van der Waals surface area contributed by atoms with Crippen molar-refractivity contribution in [1.29, 1.82) is 0 Å². The van der Waals surface area contributed by atoms with Gasteiger partial charge in [0.2, 0.25) is 0 Å².